The van der Waals surface area contributed by atoms with Crippen LogP contribution in [-0.2, 0) is 0 Å². The number of benzene rings is 2. The van der Waals surface area contributed by atoms with E-state index in [9.17, 15) is 9.18 Å². The molecule has 0 bridgehead atoms. The number of rotatable bonds is 5. The largest absolute Gasteiger partial charge is 0.405 e. The van der Waals surface area contributed by atoms with E-state index in [0.717, 1.165) is 31.5 Å². The molecule has 1 aliphatic heterocycles. The monoisotopic (exact) mass is 380 g/mol. The Bertz CT molecular complexity index is 938. The highest BCUT2D eigenvalue weighted by Gasteiger charge is 2.25. The Morgan fingerprint density at radius 3 is 2.57 bits per heavy atom. The average Bonchev–Trinajstić information content (AvgIpc) is 3.23. The minimum Gasteiger partial charge on any atom is -0.405 e. The second-order valence-corrected chi connectivity index (χ2v) is 6.80. The minimum atomic E-state index is -0.622. The molecule has 4 rings (SSSR count). The first-order valence-corrected chi connectivity index (χ1v) is 9.40. The summed E-state index contributed by atoms with van der Waals surface area (Å²) in [6, 6.07) is 14.8. The Labute approximate surface area is 162 Å². The average molecular weight is 380 g/mol. The van der Waals surface area contributed by atoms with Crippen molar-refractivity contribution >= 4 is 11.9 Å². The van der Waals surface area contributed by atoms with Crippen LogP contribution in [0.1, 0.15) is 47.1 Å². The maximum Gasteiger partial charge on any atom is 0.318 e. The quantitative estimate of drug-likeness (QED) is 0.730. The van der Waals surface area contributed by atoms with Crippen molar-refractivity contribution in [3.05, 3.63) is 77.4 Å². The van der Waals surface area contributed by atoms with Gasteiger partial charge in [-0.25, -0.2) is 4.39 Å². The summed E-state index contributed by atoms with van der Waals surface area (Å²) in [4.78, 5) is 14.8. The van der Waals surface area contributed by atoms with Crippen molar-refractivity contribution in [2.75, 3.05) is 18.0 Å². The zero-order valence-electron chi connectivity index (χ0n) is 15.3. The second kappa shape index (κ2) is 8.21. The number of nitrogens with zero attached hydrogens (tertiary/aromatic N) is 3. The van der Waals surface area contributed by atoms with Crippen molar-refractivity contribution in [2.45, 2.75) is 25.3 Å². The first kappa shape index (κ1) is 18.2. The summed E-state index contributed by atoms with van der Waals surface area (Å²) in [5, 5.41) is 11.3. The van der Waals surface area contributed by atoms with Gasteiger partial charge in [0.1, 0.15) is 11.9 Å². The van der Waals surface area contributed by atoms with E-state index in [1.165, 1.54) is 24.6 Å². The molecule has 1 amide bonds. The second-order valence-electron chi connectivity index (χ2n) is 6.80. The van der Waals surface area contributed by atoms with Crippen LogP contribution in [-0.4, -0.2) is 29.2 Å². The Hall–Kier alpha value is -3.22. The van der Waals surface area contributed by atoms with E-state index in [-0.39, 0.29) is 5.56 Å². The van der Waals surface area contributed by atoms with Crippen molar-refractivity contribution in [2.24, 2.45) is 0 Å². The molecule has 0 unspecified atom stereocenters. The van der Waals surface area contributed by atoms with Crippen molar-refractivity contribution in [3.63, 3.8) is 0 Å². The third kappa shape index (κ3) is 4.03. The Balaban J connectivity index is 1.61. The third-order valence-corrected chi connectivity index (χ3v) is 4.80. The smallest absolute Gasteiger partial charge is 0.318 e. The molecule has 1 N–H and O–H groups in total. The number of hydrogen-bond donors (Lipinski definition) is 1. The number of carbonyl (C=O) groups is 1. The van der Waals surface area contributed by atoms with Gasteiger partial charge in [-0.3, -0.25) is 4.79 Å². The summed E-state index contributed by atoms with van der Waals surface area (Å²) in [5.74, 6) is -0.573. The van der Waals surface area contributed by atoms with Crippen LogP contribution >= 0.6 is 0 Å². The number of carbonyl (C=O) groups excluding carboxylic acids is 1. The summed E-state index contributed by atoms with van der Waals surface area (Å²) in [5.41, 5.74) is 1.04. The molecule has 1 aliphatic rings. The van der Waals surface area contributed by atoms with Crippen molar-refractivity contribution in [1.29, 1.82) is 0 Å². The zero-order valence-corrected chi connectivity index (χ0v) is 15.3. The molecule has 2 aromatic carbocycles. The number of halogens is 1. The standard InChI is InChI=1S/C21H21FN4O2/c22-17-11-7-10-16(14-17)19(27)23-18(15-8-3-1-4-9-15)20-24-25-21(28-20)26-12-5-2-6-13-26/h1,3-4,7-11,14,18H,2,5-6,12-13H2,(H,23,27)/t18-/m1/s1. The molecule has 1 atom stereocenters. The fourth-order valence-electron chi connectivity index (χ4n) is 3.33. The van der Waals surface area contributed by atoms with E-state index in [2.05, 4.69) is 20.4 Å². The molecule has 0 spiro atoms. The fraction of sp³-hybridized carbons (Fsp3) is 0.286. The maximum absolute atomic E-state index is 13.5. The van der Waals surface area contributed by atoms with Crippen LogP contribution in [0.2, 0.25) is 0 Å². The van der Waals surface area contributed by atoms with Crippen LogP contribution in [0.3, 0.4) is 0 Å². The Morgan fingerprint density at radius 1 is 1.04 bits per heavy atom. The van der Waals surface area contributed by atoms with E-state index in [1.54, 1.807) is 6.07 Å². The third-order valence-electron chi connectivity index (χ3n) is 4.80. The molecule has 6 nitrogen and oxygen atoms in total. The highest BCUT2D eigenvalue weighted by atomic mass is 19.1. The van der Waals surface area contributed by atoms with Gasteiger partial charge < -0.3 is 14.6 Å². The predicted octanol–water partition coefficient (Wildman–Crippen LogP) is 3.72. The van der Waals surface area contributed by atoms with Gasteiger partial charge in [0.2, 0.25) is 5.89 Å². The molecule has 2 heterocycles. The first-order chi connectivity index (χ1) is 13.7. The van der Waals surface area contributed by atoms with E-state index >= 15 is 0 Å². The number of amides is 1. The summed E-state index contributed by atoms with van der Waals surface area (Å²) in [6.07, 6.45) is 3.39. The number of piperidine rings is 1. The number of nitrogens with one attached hydrogen (secondary N) is 1. The molecule has 28 heavy (non-hydrogen) atoms. The Morgan fingerprint density at radius 2 is 1.82 bits per heavy atom. The molecule has 0 radical (unpaired) electrons. The summed E-state index contributed by atoms with van der Waals surface area (Å²) in [6.45, 7) is 1.76. The van der Waals surface area contributed by atoms with Gasteiger partial charge in [0.25, 0.3) is 5.91 Å². The minimum absolute atomic E-state index is 0.233. The molecule has 3 aromatic rings. The van der Waals surface area contributed by atoms with Gasteiger partial charge in [-0.15, -0.1) is 5.10 Å². The van der Waals surface area contributed by atoms with Gasteiger partial charge in [-0.05, 0) is 43.0 Å². The van der Waals surface area contributed by atoms with Crippen molar-refractivity contribution in [1.82, 2.24) is 15.5 Å². The number of anilines is 1. The van der Waals surface area contributed by atoms with E-state index in [1.807, 2.05) is 30.3 Å². The fourth-order valence-corrected chi connectivity index (χ4v) is 3.33. The van der Waals surface area contributed by atoms with Crippen LogP contribution in [0.15, 0.2) is 59.0 Å². The van der Waals surface area contributed by atoms with E-state index in [0.29, 0.717) is 11.9 Å². The lowest BCUT2D eigenvalue weighted by Gasteiger charge is -2.24. The number of hydrogen-bond acceptors (Lipinski definition) is 5. The first-order valence-electron chi connectivity index (χ1n) is 9.40. The molecule has 1 fully saturated rings. The van der Waals surface area contributed by atoms with Gasteiger partial charge in [0, 0.05) is 18.7 Å². The lowest BCUT2D eigenvalue weighted by Crippen LogP contribution is -2.30. The predicted molar refractivity (Wildman–Crippen MR) is 103 cm³/mol. The topological polar surface area (TPSA) is 71.3 Å². The lowest BCUT2D eigenvalue weighted by molar-refractivity contribution is 0.0937. The van der Waals surface area contributed by atoms with Gasteiger partial charge in [0.05, 0.1) is 0 Å². The summed E-state index contributed by atoms with van der Waals surface area (Å²) in [7, 11) is 0. The lowest BCUT2D eigenvalue weighted by atomic mass is 10.1. The summed E-state index contributed by atoms with van der Waals surface area (Å²) < 4.78 is 19.4. The van der Waals surface area contributed by atoms with Crippen LogP contribution in [0.5, 0.6) is 0 Å². The molecule has 144 valence electrons. The van der Waals surface area contributed by atoms with Gasteiger partial charge in [0.15, 0.2) is 0 Å². The number of aromatic nitrogens is 2. The SMILES string of the molecule is O=C(N[C@H](c1ccccc1)c1nnc(N2CCCCC2)o1)c1cccc(F)c1. The zero-order chi connectivity index (χ0) is 19.3. The van der Waals surface area contributed by atoms with Crippen LogP contribution in [0.25, 0.3) is 0 Å². The van der Waals surface area contributed by atoms with E-state index in [4.69, 9.17) is 4.42 Å². The van der Waals surface area contributed by atoms with Gasteiger partial charge in [-0.1, -0.05) is 41.5 Å². The molecule has 0 saturated carbocycles. The molecular formula is C21H21FN4O2. The molecule has 0 aliphatic carbocycles. The highest BCUT2D eigenvalue weighted by Crippen LogP contribution is 2.25. The van der Waals surface area contributed by atoms with Crippen molar-refractivity contribution < 1.29 is 13.6 Å². The molecule has 1 aromatic heterocycles. The molecule has 1 saturated heterocycles. The van der Waals surface area contributed by atoms with Crippen LogP contribution < -0.4 is 10.2 Å². The highest BCUT2D eigenvalue weighted by molar-refractivity contribution is 5.94. The maximum atomic E-state index is 13.5. The van der Waals surface area contributed by atoms with Gasteiger partial charge in [-0.2, -0.15) is 0 Å². The normalized spacial score (nSPS) is 15.2. The molecule has 7 heteroatoms. The van der Waals surface area contributed by atoms with Crippen LogP contribution in [0.4, 0.5) is 10.4 Å². The van der Waals surface area contributed by atoms with Gasteiger partial charge >= 0.3 is 6.01 Å². The van der Waals surface area contributed by atoms with E-state index < -0.39 is 17.8 Å². The van der Waals surface area contributed by atoms with Crippen molar-refractivity contribution in [3.8, 4) is 0 Å². The van der Waals surface area contributed by atoms with Crippen LogP contribution in [0, 0.1) is 5.82 Å². The summed E-state index contributed by atoms with van der Waals surface area (Å²) >= 11 is 0. The Kier molecular flexibility index (Phi) is 5.32. The molecular weight excluding hydrogens is 359 g/mol.